The Kier molecular flexibility index (Phi) is 7.08. The van der Waals surface area contributed by atoms with Gasteiger partial charge in [-0.1, -0.05) is 25.1 Å². The smallest absolute Gasteiger partial charge is 0.265 e. The third-order valence-electron chi connectivity index (χ3n) is 5.36. The number of hydrogen-bond donors (Lipinski definition) is 2. The van der Waals surface area contributed by atoms with Gasteiger partial charge in [-0.05, 0) is 50.1 Å². The van der Waals surface area contributed by atoms with E-state index >= 15 is 0 Å². The minimum Gasteiger partial charge on any atom is -0.478 e. The van der Waals surface area contributed by atoms with Crippen molar-refractivity contribution < 1.29 is 22.7 Å². The van der Waals surface area contributed by atoms with Gasteiger partial charge in [0.2, 0.25) is 10.0 Å². The van der Waals surface area contributed by atoms with Crippen LogP contribution in [0.1, 0.15) is 42.6 Å². The summed E-state index contributed by atoms with van der Waals surface area (Å²) >= 11 is 0. The molecule has 0 fully saturated rings. The van der Waals surface area contributed by atoms with Crippen LogP contribution in [0.5, 0.6) is 5.75 Å². The summed E-state index contributed by atoms with van der Waals surface area (Å²) in [5.41, 5.74) is 2.01. The molecular formula is C23H29N3O5S. The number of fused-ring (bicyclic) bond motifs is 1. The lowest BCUT2D eigenvalue weighted by Gasteiger charge is -2.21. The van der Waals surface area contributed by atoms with E-state index in [-0.39, 0.29) is 24.9 Å². The van der Waals surface area contributed by atoms with Crippen LogP contribution in [-0.4, -0.2) is 45.2 Å². The van der Waals surface area contributed by atoms with Crippen LogP contribution in [0.15, 0.2) is 42.5 Å². The zero-order valence-corrected chi connectivity index (χ0v) is 19.5. The van der Waals surface area contributed by atoms with Gasteiger partial charge in [0, 0.05) is 19.0 Å². The molecule has 0 bridgehead atoms. The average molecular weight is 460 g/mol. The van der Waals surface area contributed by atoms with E-state index in [1.54, 1.807) is 42.5 Å². The molecule has 3 rings (SSSR count). The Labute approximate surface area is 189 Å². The topological polar surface area (TPSA) is 105 Å². The number of benzene rings is 2. The van der Waals surface area contributed by atoms with Gasteiger partial charge in [0.25, 0.3) is 11.8 Å². The van der Waals surface area contributed by atoms with Gasteiger partial charge in [-0.3, -0.25) is 13.9 Å². The number of sulfonamides is 1. The second kappa shape index (κ2) is 9.60. The number of amides is 2. The van der Waals surface area contributed by atoms with E-state index in [0.717, 1.165) is 18.2 Å². The lowest BCUT2D eigenvalue weighted by atomic mass is 10.1. The molecule has 2 atom stereocenters. The van der Waals surface area contributed by atoms with E-state index in [0.29, 0.717) is 22.7 Å². The molecule has 1 heterocycles. The van der Waals surface area contributed by atoms with E-state index in [1.165, 1.54) is 4.31 Å². The van der Waals surface area contributed by atoms with Crippen molar-refractivity contribution in [1.29, 1.82) is 0 Å². The Morgan fingerprint density at radius 2 is 1.94 bits per heavy atom. The van der Waals surface area contributed by atoms with Gasteiger partial charge in [-0.25, -0.2) is 8.42 Å². The SMILES string of the molecule is CC[C@H](C)NC(=O)c1ccccc1NC(=O)[C@@H]1CCN(S(C)(=O)=O)c2cc(C)ccc2O1. The predicted molar refractivity (Wildman–Crippen MR) is 125 cm³/mol. The summed E-state index contributed by atoms with van der Waals surface area (Å²) in [4.78, 5) is 25.7. The zero-order valence-electron chi connectivity index (χ0n) is 18.7. The quantitative estimate of drug-likeness (QED) is 0.691. The molecule has 0 spiro atoms. The fourth-order valence-corrected chi connectivity index (χ4v) is 4.36. The van der Waals surface area contributed by atoms with Gasteiger partial charge in [0.1, 0.15) is 5.75 Å². The molecule has 172 valence electrons. The Morgan fingerprint density at radius 1 is 1.22 bits per heavy atom. The van der Waals surface area contributed by atoms with E-state index in [9.17, 15) is 18.0 Å². The summed E-state index contributed by atoms with van der Waals surface area (Å²) in [5.74, 6) is -0.404. The zero-order chi connectivity index (χ0) is 23.5. The van der Waals surface area contributed by atoms with Crippen molar-refractivity contribution in [2.45, 2.75) is 45.8 Å². The maximum absolute atomic E-state index is 13.1. The standard InChI is InChI=1S/C23H29N3O5S/c1-5-16(3)24-22(27)17-8-6-7-9-18(17)25-23(28)21-12-13-26(32(4,29)30)19-14-15(2)10-11-20(19)31-21/h6-11,14,16,21H,5,12-13H2,1-4H3,(H,24,27)(H,25,28)/t16-,21-/m0/s1. The summed E-state index contributed by atoms with van der Waals surface area (Å²) in [7, 11) is -3.55. The van der Waals surface area contributed by atoms with Gasteiger partial charge in [-0.15, -0.1) is 0 Å². The number of carbonyl (C=O) groups is 2. The number of anilines is 2. The van der Waals surface area contributed by atoms with Crippen LogP contribution < -0.4 is 19.7 Å². The van der Waals surface area contributed by atoms with Crippen LogP contribution in [0.3, 0.4) is 0 Å². The molecule has 2 aromatic carbocycles. The molecule has 0 aliphatic carbocycles. The van der Waals surface area contributed by atoms with Gasteiger partial charge in [0.05, 0.1) is 23.2 Å². The van der Waals surface area contributed by atoms with Crippen LogP contribution in [0.25, 0.3) is 0 Å². The second-order valence-electron chi connectivity index (χ2n) is 8.02. The molecule has 0 aromatic heterocycles. The summed E-state index contributed by atoms with van der Waals surface area (Å²) < 4.78 is 31.9. The molecule has 2 aromatic rings. The highest BCUT2D eigenvalue weighted by Crippen LogP contribution is 2.35. The number of para-hydroxylation sites is 1. The molecule has 9 heteroatoms. The van der Waals surface area contributed by atoms with Crippen molar-refractivity contribution in [3.8, 4) is 5.75 Å². The maximum Gasteiger partial charge on any atom is 0.265 e. The third kappa shape index (κ3) is 5.40. The van der Waals surface area contributed by atoms with Crippen molar-refractivity contribution in [2.75, 3.05) is 22.4 Å². The first-order valence-corrected chi connectivity index (χ1v) is 12.4. The van der Waals surface area contributed by atoms with E-state index in [1.807, 2.05) is 20.8 Å². The minimum absolute atomic E-state index is 0.00150. The van der Waals surface area contributed by atoms with Crippen molar-refractivity contribution in [1.82, 2.24) is 5.32 Å². The van der Waals surface area contributed by atoms with Crippen molar-refractivity contribution in [2.24, 2.45) is 0 Å². The van der Waals surface area contributed by atoms with Crippen LogP contribution >= 0.6 is 0 Å². The minimum atomic E-state index is -3.55. The fraction of sp³-hybridized carbons (Fsp3) is 0.391. The monoisotopic (exact) mass is 459 g/mol. The first-order valence-electron chi connectivity index (χ1n) is 10.6. The Bertz CT molecular complexity index is 1120. The Hall–Kier alpha value is -3.07. The highest BCUT2D eigenvalue weighted by molar-refractivity contribution is 7.92. The molecule has 1 aliphatic heterocycles. The Morgan fingerprint density at radius 3 is 2.62 bits per heavy atom. The number of hydrogen-bond acceptors (Lipinski definition) is 5. The van der Waals surface area contributed by atoms with Crippen LogP contribution in [0.4, 0.5) is 11.4 Å². The number of rotatable bonds is 6. The first-order chi connectivity index (χ1) is 15.1. The second-order valence-corrected chi connectivity index (χ2v) is 9.93. The molecule has 2 N–H and O–H groups in total. The number of ether oxygens (including phenoxy) is 1. The molecule has 0 saturated carbocycles. The molecule has 0 saturated heterocycles. The van der Waals surface area contributed by atoms with E-state index in [2.05, 4.69) is 10.6 Å². The van der Waals surface area contributed by atoms with Crippen molar-refractivity contribution in [3.63, 3.8) is 0 Å². The number of aryl methyl sites for hydroxylation is 1. The normalized spacial score (nSPS) is 16.9. The van der Waals surface area contributed by atoms with E-state index in [4.69, 9.17) is 4.74 Å². The largest absolute Gasteiger partial charge is 0.478 e. The van der Waals surface area contributed by atoms with Gasteiger partial charge >= 0.3 is 0 Å². The highest BCUT2D eigenvalue weighted by atomic mass is 32.2. The molecular weight excluding hydrogens is 430 g/mol. The lowest BCUT2D eigenvalue weighted by Crippen LogP contribution is -2.37. The molecule has 32 heavy (non-hydrogen) atoms. The molecule has 1 aliphatic rings. The molecule has 8 nitrogen and oxygen atoms in total. The van der Waals surface area contributed by atoms with Crippen LogP contribution in [0, 0.1) is 6.92 Å². The van der Waals surface area contributed by atoms with Gasteiger partial charge in [-0.2, -0.15) is 0 Å². The van der Waals surface area contributed by atoms with E-state index < -0.39 is 22.0 Å². The molecule has 0 radical (unpaired) electrons. The third-order valence-corrected chi connectivity index (χ3v) is 6.54. The average Bonchev–Trinajstić information content (AvgIpc) is 2.93. The number of nitrogens with zero attached hydrogens (tertiary/aromatic N) is 1. The fourth-order valence-electron chi connectivity index (χ4n) is 3.43. The Balaban J connectivity index is 1.84. The summed E-state index contributed by atoms with van der Waals surface area (Å²) in [6, 6.07) is 11.9. The van der Waals surface area contributed by atoms with Crippen molar-refractivity contribution in [3.05, 3.63) is 53.6 Å². The highest BCUT2D eigenvalue weighted by Gasteiger charge is 2.31. The van der Waals surface area contributed by atoms with Gasteiger partial charge < -0.3 is 15.4 Å². The molecule has 0 unspecified atom stereocenters. The van der Waals surface area contributed by atoms with Crippen LogP contribution in [-0.2, 0) is 14.8 Å². The first kappa shape index (κ1) is 23.6. The van der Waals surface area contributed by atoms with Crippen molar-refractivity contribution >= 4 is 33.2 Å². The number of carbonyl (C=O) groups excluding carboxylic acids is 2. The molecule has 2 amide bonds. The lowest BCUT2D eigenvalue weighted by molar-refractivity contribution is -0.122. The van der Waals surface area contributed by atoms with Crippen LogP contribution in [0.2, 0.25) is 0 Å². The summed E-state index contributed by atoms with van der Waals surface area (Å²) in [6.45, 7) is 5.84. The maximum atomic E-state index is 13.1. The van der Waals surface area contributed by atoms with Gasteiger partial charge in [0.15, 0.2) is 6.10 Å². The number of nitrogens with one attached hydrogen (secondary N) is 2. The summed E-state index contributed by atoms with van der Waals surface area (Å²) in [5, 5.41) is 5.68. The predicted octanol–water partition coefficient (Wildman–Crippen LogP) is 3.08. The summed E-state index contributed by atoms with van der Waals surface area (Å²) in [6.07, 6.45) is 1.15.